The molecule has 0 fully saturated rings. The molecule has 4 heteroatoms. The molecule has 0 heterocycles. The lowest BCUT2D eigenvalue weighted by Crippen LogP contribution is -2.20. The van der Waals surface area contributed by atoms with E-state index >= 15 is 0 Å². The van der Waals surface area contributed by atoms with Crippen LogP contribution in [-0.4, -0.2) is 27.3 Å². The highest BCUT2D eigenvalue weighted by atomic mass is 35.5. The molecule has 1 rings (SSSR count). The van der Waals surface area contributed by atoms with Gasteiger partial charge in [-0.2, -0.15) is 0 Å². The molecule has 1 aromatic carbocycles. The van der Waals surface area contributed by atoms with Gasteiger partial charge in [-0.1, -0.05) is 11.6 Å². The van der Waals surface area contributed by atoms with Gasteiger partial charge in [-0.25, -0.2) is 0 Å². The van der Waals surface area contributed by atoms with E-state index in [4.69, 9.17) is 22.1 Å². The Kier molecular flexibility index (Phi) is 5.43. The van der Waals surface area contributed by atoms with Gasteiger partial charge in [0.2, 0.25) is 0 Å². The number of nitrogen functional groups attached to an aromatic ring is 1. The number of rotatable bonds is 6. The third-order valence-corrected chi connectivity index (χ3v) is 2.73. The number of nitrogens with two attached hydrogens (primary N) is 1. The minimum atomic E-state index is 0.716. The van der Waals surface area contributed by atoms with Crippen molar-refractivity contribution < 1.29 is 4.74 Å². The van der Waals surface area contributed by atoms with Crippen molar-refractivity contribution in [1.82, 2.24) is 0 Å². The number of methoxy groups -OCH3 is 1. The summed E-state index contributed by atoms with van der Waals surface area (Å²) in [6.07, 6.45) is 2.14. The number of halogens is 1. The van der Waals surface area contributed by atoms with Gasteiger partial charge in [-0.15, -0.1) is 0 Å². The van der Waals surface area contributed by atoms with Crippen LogP contribution in [0.4, 0.5) is 11.4 Å². The monoisotopic (exact) mass is 242 g/mol. The summed E-state index contributed by atoms with van der Waals surface area (Å²) in [5.74, 6) is 0. The van der Waals surface area contributed by atoms with Crippen LogP contribution >= 0.6 is 11.6 Å². The maximum Gasteiger partial charge on any atom is 0.0612 e. The van der Waals surface area contributed by atoms with E-state index in [1.54, 1.807) is 13.2 Å². The summed E-state index contributed by atoms with van der Waals surface area (Å²) in [7, 11) is 3.74. The van der Waals surface area contributed by atoms with Gasteiger partial charge < -0.3 is 15.4 Å². The van der Waals surface area contributed by atoms with E-state index in [9.17, 15) is 0 Å². The van der Waals surface area contributed by atoms with Crippen LogP contribution in [0.5, 0.6) is 0 Å². The molecule has 0 unspecified atom stereocenters. The summed E-state index contributed by atoms with van der Waals surface area (Å²) >= 11 is 5.94. The predicted molar refractivity (Wildman–Crippen MR) is 70.2 cm³/mol. The molecule has 0 spiro atoms. The van der Waals surface area contributed by atoms with E-state index in [1.165, 1.54) is 0 Å². The van der Waals surface area contributed by atoms with Gasteiger partial charge in [0.25, 0.3) is 0 Å². The first-order chi connectivity index (χ1) is 7.65. The van der Waals surface area contributed by atoms with Crippen molar-refractivity contribution in [3.63, 3.8) is 0 Å². The molecule has 0 aromatic heterocycles. The average molecular weight is 243 g/mol. The van der Waals surface area contributed by atoms with Crippen molar-refractivity contribution in [2.75, 3.05) is 37.9 Å². The van der Waals surface area contributed by atoms with Crippen LogP contribution in [0.1, 0.15) is 12.8 Å². The smallest absolute Gasteiger partial charge is 0.0612 e. The third-order valence-electron chi connectivity index (χ3n) is 2.50. The maximum absolute atomic E-state index is 5.94. The van der Waals surface area contributed by atoms with E-state index in [0.717, 1.165) is 37.4 Å². The molecular weight excluding hydrogens is 224 g/mol. The summed E-state index contributed by atoms with van der Waals surface area (Å²) in [4.78, 5) is 2.12. The van der Waals surface area contributed by atoms with Gasteiger partial charge >= 0.3 is 0 Å². The van der Waals surface area contributed by atoms with Crippen LogP contribution in [0.15, 0.2) is 18.2 Å². The zero-order chi connectivity index (χ0) is 12.0. The zero-order valence-electron chi connectivity index (χ0n) is 9.87. The van der Waals surface area contributed by atoms with Gasteiger partial charge in [0.15, 0.2) is 0 Å². The molecule has 0 saturated heterocycles. The Morgan fingerprint density at radius 2 is 2.12 bits per heavy atom. The Bertz CT molecular complexity index is 331. The number of unbranched alkanes of at least 4 members (excludes halogenated alkanes) is 1. The molecule has 3 nitrogen and oxygen atoms in total. The quantitative estimate of drug-likeness (QED) is 0.616. The topological polar surface area (TPSA) is 38.5 Å². The van der Waals surface area contributed by atoms with E-state index < -0.39 is 0 Å². The summed E-state index contributed by atoms with van der Waals surface area (Å²) in [6, 6.07) is 5.54. The number of hydrogen-bond donors (Lipinski definition) is 1. The number of nitrogens with zero attached hydrogens (tertiary/aromatic N) is 1. The number of hydrogen-bond acceptors (Lipinski definition) is 3. The molecule has 0 amide bonds. The van der Waals surface area contributed by atoms with Gasteiger partial charge in [0.05, 0.1) is 11.4 Å². The van der Waals surface area contributed by atoms with Crippen molar-refractivity contribution in [2.24, 2.45) is 0 Å². The molecule has 0 bridgehead atoms. The highest BCUT2D eigenvalue weighted by Crippen LogP contribution is 2.26. The summed E-state index contributed by atoms with van der Waals surface area (Å²) in [5.41, 5.74) is 7.65. The molecule has 2 N–H and O–H groups in total. The Morgan fingerprint density at radius 3 is 2.81 bits per heavy atom. The second kappa shape index (κ2) is 6.61. The Balaban J connectivity index is 2.51. The Morgan fingerprint density at radius 1 is 1.38 bits per heavy atom. The molecule has 0 aliphatic rings. The summed E-state index contributed by atoms with van der Waals surface area (Å²) in [5, 5.41) is 0.716. The van der Waals surface area contributed by atoms with Gasteiger partial charge in [0.1, 0.15) is 0 Å². The molecular formula is C12H19ClN2O. The minimum absolute atomic E-state index is 0.716. The van der Waals surface area contributed by atoms with Crippen molar-refractivity contribution in [3.05, 3.63) is 23.2 Å². The summed E-state index contributed by atoms with van der Waals surface area (Å²) in [6.45, 7) is 1.76. The fourth-order valence-corrected chi connectivity index (χ4v) is 1.73. The Hall–Kier alpha value is -0.930. The van der Waals surface area contributed by atoms with Crippen LogP contribution in [0.25, 0.3) is 0 Å². The maximum atomic E-state index is 5.94. The SMILES string of the molecule is COCCCCN(C)c1cc(Cl)ccc1N. The second-order valence-electron chi connectivity index (χ2n) is 3.82. The second-order valence-corrected chi connectivity index (χ2v) is 4.26. The fourth-order valence-electron chi connectivity index (χ4n) is 1.56. The molecule has 90 valence electrons. The van der Waals surface area contributed by atoms with E-state index in [-0.39, 0.29) is 0 Å². The predicted octanol–water partition coefficient (Wildman–Crippen LogP) is 2.79. The van der Waals surface area contributed by atoms with Crippen LogP contribution < -0.4 is 10.6 Å². The molecule has 16 heavy (non-hydrogen) atoms. The third kappa shape index (κ3) is 3.91. The van der Waals surface area contributed by atoms with Gasteiger partial charge in [-0.3, -0.25) is 0 Å². The standard InChI is InChI=1S/C12H19ClN2O/c1-15(7-3-4-8-16-2)12-9-10(13)5-6-11(12)14/h5-6,9H,3-4,7-8,14H2,1-2H3. The van der Waals surface area contributed by atoms with Crippen molar-refractivity contribution in [2.45, 2.75) is 12.8 Å². The van der Waals surface area contributed by atoms with E-state index in [0.29, 0.717) is 5.02 Å². The van der Waals surface area contributed by atoms with E-state index in [2.05, 4.69) is 4.90 Å². The van der Waals surface area contributed by atoms with Crippen molar-refractivity contribution in [1.29, 1.82) is 0 Å². The van der Waals surface area contributed by atoms with Crippen molar-refractivity contribution >= 4 is 23.0 Å². The first-order valence-electron chi connectivity index (χ1n) is 5.40. The first kappa shape index (κ1) is 13.1. The van der Waals surface area contributed by atoms with E-state index in [1.807, 2.05) is 19.2 Å². The van der Waals surface area contributed by atoms with Gasteiger partial charge in [-0.05, 0) is 31.0 Å². The number of anilines is 2. The van der Waals surface area contributed by atoms with Crippen LogP contribution in [0, 0.1) is 0 Å². The van der Waals surface area contributed by atoms with Gasteiger partial charge in [0, 0.05) is 32.3 Å². The van der Waals surface area contributed by atoms with Crippen LogP contribution in [0.3, 0.4) is 0 Å². The lowest BCUT2D eigenvalue weighted by molar-refractivity contribution is 0.193. The number of ether oxygens (including phenoxy) is 1. The van der Waals surface area contributed by atoms with Crippen molar-refractivity contribution in [3.8, 4) is 0 Å². The lowest BCUT2D eigenvalue weighted by atomic mass is 10.2. The molecule has 0 saturated carbocycles. The normalized spacial score (nSPS) is 10.4. The minimum Gasteiger partial charge on any atom is -0.397 e. The number of benzene rings is 1. The molecule has 0 radical (unpaired) electrons. The Labute approximate surface area is 102 Å². The molecule has 0 aliphatic carbocycles. The highest BCUT2D eigenvalue weighted by molar-refractivity contribution is 6.31. The molecule has 0 atom stereocenters. The fraction of sp³-hybridized carbons (Fsp3) is 0.500. The summed E-state index contributed by atoms with van der Waals surface area (Å²) < 4.78 is 5.01. The zero-order valence-corrected chi connectivity index (χ0v) is 10.6. The van der Waals surface area contributed by atoms with Crippen LogP contribution in [-0.2, 0) is 4.74 Å². The first-order valence-corrected chi connectivity index (χ1v) is 5.78. The molecule has 1 aromatic rings. The molecule has 0 aliphatic heterocycles. The highest BCUT2D eigenvalue weighted by Gasteiger charge is 2.05. The van der Waals surface area contributed by atoms with Crippen LogP contribution in [0.2, 0.25) is 5.02 Å². The lowest BCUT2D eigenvalue weighted by Gasteiger charge is -2.21. The average Bonchev–Trinajstić information content (AvgIpc) is 2.27. The largest absolute Gasteiger partial charge is 0.397 e.